The van der Waals surface area contributed by atoms with Gasteiger partial charge in [0.05, 0.1) is 6.04 Å². The summed E-state index contributed by atoms with van der Waals surface area (Å²) in [4.78, 5) is 36.1. The largest absolute Gasteiger partial charge is 0.350 e. The third kappa shape index (κ3) is 5.76. The van der Waals surface area contributed by atoms with E-state index in [2.05, 4.69) is 26.6 Å². The Bertz CT molecular complexity index is 858. The number of halogens is 1. The van der Waals surface area contributed by atoms with Crippen LogP contribution in [0.3, 0.4) is 0 Å². The van der Waals surface area contributed by atoms with Crippen molar-refractivity contribution in [1.29, 1.82) is 0 Å². The lowest BCUT2D eigenvalue weighted by molar-refractivity contribution is -0.121. The molecule has 2 N–H and O–H groups in total. The zero-order chi connectivity index (χ0) is 20.1. The maximum atomic E-state index is 12.2. The van der Waals surface area contributed by atoms with Crippen molar-refractivity contribution < 1.29 is 14.4 Å². The molecule has 0 aromatic heterocycles. The Labute approximate surface area is 173 Å². The number of hydrogen-bond acceptors (Lipinski definition) is 3. The van der Waals surface area contributed by atoms with Crippen molar-refractivity contribution in [3.8, 4) is 0 Å². The van der Waals surface area contributed by atoms with Gasteiger partial charge in [0.2, 0.25) is 11.8 Å². The monoisotopic (exact) mass is 442 g/mol. The first-order valence-electron chi connectivity index (χ1n) is 9.41. The molecule has 2 amide bonds. The number of ketones is 1. The highest BCUT2D eigenvalue weighted by atomic mass is 79.9. The van der Waals surface area contributed by atoms with Crippen LogP contribution >= 0.6 is 15.9 Å². The molecular weight excluding hydrogens is 420 g/mol. The molecule has 2 aromatic rings. The SMILES string of the molecule is C[C@@H](NC(=O)CCC(=O)c1ccc(Br)cc1)c1ccc(NC(=O)C2CC2)cc1. The zero-order valence-corrected chi connectivity index (χ0v) is 17.3. The van der Waals surface area contributed by atoms with Crippen LogP contribution in [0.2, 0.25) is 0 Å². The number of hydrogen-bond donors (Lipinski definition) is 2. The minimum Gasteiger partial charge on any atom is -0.350 e. The van der Waals surface area contributed by atoms with Gasteiger partial charge in [-0.15, -0.1) is 0 Å². The molecule has 0 aliphatic heterocycles. The predicted molar refractivity (Wildman–Crippen MR) is 112 cm³/mol. The van der Waals surface area contributed by atoms with E-state index in [1.807, 2.05) is 43.3 Å². The lowest BCUT2D eigenvalue weighted by atomic mass is 10.1. The number of nitrogens with one attached hydrogen (secondary N) is 2. The van der Waals surface area contributed by atoms with Crippen LogP contribution in [0.15, 0.2) is 53.0 Å². The summed E-state index contributed by atoms with van der Waals surface area (Å²) in [5, 5.41) is 5.81. The van der Waals surface area contributed by atoms with Gasteiger partial charge in [0.15, 0.2) is 5.78 Å². The number of Topliss-reactive ketones (excluding diaryl/α,β-unsaturated/α-hetero) is 1. The van der Waals surface area contributed by atoms with E-state index in [1.165, 1.54) is 0 Å². The molecular formula is C22H23BrN2O3. The highest BCUT2D eigenvalue weighted by Gasteiger charge is 2.29. The first kappa shape index (κ1) is 20.3. The van der Waals surface area contributed by atoms with Crippen molar-refractivity contribution in [2.45, 2.75) is 38.6 Å². The molecule has 146 valence electrons. The number of amides is 2. The fourth-order valence-corrected chi connectivity index (χ4v) is 3.11. The van der Waals surface area contributed by atoms with Crippen LogP contribution in [-0.4, -0.2) is 17.6 Å². The molecule has 2 aromatic carbocycles. The van der Waals surface area contributed by atoms with Crippen molar-refractivity contribution in [3.05, 3.63) is 64.1 Å². The van der Waals surface area contributed by atoms with E-state index in [4.69, 9.17) is 0 Å². The van der Waals surface area contributed by atoms with Crippen molar-refractivity contribution in [2.75, 3.05) is 5.32 Å². The van der Waals surface area contributed by atoms with E-state index < -0.39 is 0 Å². The second kappa shape index (κ2) is 9.15. The van der Waals surface area contributed by atoms with Crippen molar-refractivity contribution in [1.82, 2.24) is 5.32 Å². The Balaban J connectivity index is 1.46. The van der Waals surface area contributed by atoms with Crippen LogP contribution in [0.25, 0.3) is 0 Å². The molecule has 0 spiro atoms. The summed E-state index contributed by atoms with van der Waals surface area (Å²) < 4.78 is 0.911. The number of carbonyl (C=O) groups excluding carboxylic acids is 3. The van der Waals surface area contributed by atoms with Crippen LogP contribution in [0.5, 0.6) is 0 Å². The van der Waals surface area contributed by atoms with Crippen molar-refractivity contribution in [3.63, 3.8) is 0 Å². The van der Waals surface area contributed by atoms with E-state index in [9.17, 15) is 14.4 Å². The van der Waals surface area contributed by atoms with E-state index in [1.54, 1.807) is 12.1 Å². The third-order valence-corrected chi connectivity index (χ3v) is 5.28. The second-order valence-corrected chi connectivity index (χ2v) is 8.02. The fourth-order valence-electron chi connectivity index (χ4n) is 2.85. The minimum atomic E-state index is -0.177. The number of anilines is 1. The molecule has 1 saturated carbocycles. The first-order valence-corrected chi connectivity index (χ1v) is 10.2. The van der Waals surface area contributed by atoms with Gasteiger partial charge in [0, 0.05) is 34.5 Å². The van der Waals surface area contributed by atoms with Gasteiger partial charge in [-0.1, -0.05) is 40.2 Å². The number of carbonyl (C=O) groups is 3. The number of rotatable bonds is 8. The van der Waals surface area contributed by atoms with Crippen LogP contribution < -0.4 is 10.6 Å². The molecule has 0 saturated heterocycles. The van der Waals surface area contributed by atoms with Crippen LogP contribution in [0, 0.1) is 5.92 Å². The summed E-state index contributed by atoms with van der Waals surface area (Å²) in [6.45, 7) is 1.90. The molecule has 0 unspecified atom stereocenters. The van der Waals surface area contributed by atoms with Gasteiger partial charge in [-0.25, -0.2) is 0 Å². The third-order valence-electron chi connectivity index (χ3n) is 4.75. The quantitative estimate of drug-likeness (QED) is 0.584. The first-order chi connectivity index (χ1) is 13.4. The highest BCUT2D eigenvalue weighted by molar-refractivity contribution is 9.10. The molecule has 1 fully saturated rings. The fraction of sp³-hybridized carbons (Fsp3) is 0.318. The molecule has 28 heavy (non-hydrogen) atoms. The van der Waals surface area contributed by atoms with Gasteiger partial charge < -0.3 is 10.6 Å². The Morgan fingerprint density at radius 1 is 1.00 bits per heavy atom. The highest BCUT2D eigenvalue weighted by Crippen LogP contribution is 2.30. The van der Waals surface area contributed by atoms with Gasteiger partial charge in [-0.05, 0) is 49.6 Å². The average molecular weight is 443 g/mol. The zero-order valence-electron chi connectivity index (χ0n) is 15.7. The summed E-state index contributed by atoms with van der Waals surface area (Å²) in [5.74, 6) is 0.0256. The predicted octanol–water partition coefficient (Wildman–Crippen LogP) is 4.64. The maximum Gasteiger partial charge on any atom is 0.227 e. The lowest BCUT2D eigenvalue weighted by Gasteiger charge is -2.15. The second-order valence-electron chi connectivity index (χ2n) is 7.10. The minimum absolute atomic E-state index is 0.0499. The number of benzene rings is 2. The normalized spacial score (nSPS) is 14.2. The Kier molecular flexibility index (Phi) is 6.62. The molecule has 5 nitrogen and oxygen atoms in total. The average Bonchev–Trinajstić information content (AvgIpc) is 3.52. The summed E-state index contributed by atoms with van der Waals surface area (Å²) in [6.07, 6.45) is 2.26. The van der Waals surface area contributed by atoms with Crippen molar-refractivity contribution in [2.24, 2.45) is 5.92 Å². The summed E-state index contributed by atoms with van der Waals surface area (Å²) in [7, 11) is 0. The molecule has 0 bridgehead atoms. The van der Waals surface area contributed by atoms with Crippen molar-refractivity contribution >= 4 is 39.2 Å². The van der Waals surface area contributed by atoms with Crippen LogP contribution in [0.4, 0.5) is 5.69 Å². The summed E-state index contributed by atoms with van der Waals surface area (Å²) in [5.41, 5.74) is 2.31. The van der Waals surface area contributed by atoms with E-state index in [0.717, 1.165) is 28.6 Å². The van der Waals surface area contributed by atoms with Crippen LogP contribution in [0.1, 0.15) is 54.6 Å². The summed E-state index contributed by atoms with van der Waals surface area (Å²) in [6, 6.07) is 14.4. The molecule has 1 aliphatic rings. The van der Waals surface area contributed by atoms with Crippen LogP contribution in [-0.2, 0) is 9.59 Å². The molecule has 0 heterocycles. The van der Waals surface area contributed by atoms with Gasteiger partial charge >= 0.3 is 0 Å². The molecule has 6 heteroatoms. The van der Waals surface area contributed by atoms with Gasteiger partial charge in [-0.2, -0.15) is 0 Å². The molecule has 3 rings (SSSR count). The molecule has 1 atom stereocenters. The van der Waals surface area contributed by atoms with E-state index in [-0.39, 0.29) is 42.4 Å². The van der Waals surface area contributed by atoms with E-state index in [0.29, 0.717) is 5.56 Å². The molecule has 1 aliphatic carbocycles. The maximum absolute atomic E-state index is 12.2. The topological polar surface area (TPSA) is 75.3 Å². The van der Waals surface area contributed by atoms with Gasteiger partial charge in [0.25, 0.3) is 0 Å². The summed E-state index contributed by atoms with van der Waals surface area (Å²) >= 11 is 3.34. The standard InChI is InChI=1S/C22H23BrN2O3/c1-14(15-6-10-19(11-7-15)25-22(28)17-2-3-17)24-21(27)13-12-20(26)16-4-8-18(23)9-5-16/h4-11,14,17H,2-3,12-13H2,1H3,(H,24,27)(H,25,28)/t14-/m1/s1. The smallest absolute Gasteiger partial charge is 0.227 e. The van der Waals surface area contributed by atoms with Gasteiger partial charge in [0.1, 0.15) is 0 Å². The lowest BCUT2D eigenvalue weighted by Crippen LogP contribution is -2.27. The Hall–Kier alpha value is -2.47. The molecule has 0 radical (unpaired) electrons. The van der Waals surface area contributed by atoms with E-state index >= 15 is 0 Å². The Morgan fingerprint density at radius 3 is 2.25 bits per heavy atom. The van der Waals surface area contributed by atoms with Gasteiger partial charge in [-0.3, -0.25) is 14.4 Å². The Morgan fingerprint density at radius 2 is 1.64 bits per heavy atom.